The molecule has 0 radical (unpaired) electrons. The van der Waals surface area contributed by atoms with Gasteiger partial charge in [-0.25, -0.2) is 0 Å². The van der Waals surface area contributed by atoms with Gasteiger partial charge in [-0.2, -0.15) is 13.2 Å². The van der Waals surface area contributed by atoms with Crippen molar-refractivity contribution in [3.05, 3.63) is 59.9 Å². The molecule has 0 aliphatic rings. The average molecular weight is 495 g/mol. The van der Waals surface area contributed by atoms with Gasteiger partial charge >= 0.3 is 6.18 Å². The molecule has 0 aliphatic heterocycles. The third-order valence-electron chi connectivity index (χ3n) is 4.91. The zero-order chi connectivity index (χ0) is 24.9. The number of alkyl halides is 3. The highest BCUT2D eigenvalue weighted by Crippen LogP contribution is 2.33. The summed E-state index contributed by atoms with van der Waals surface area (Å²) in [5.41, 5.74) is -0.756. The van der Waals surface area contributed by atoms with Gasteiger partial charge in [-0.05, 0) is 51.1 Å². The molecule has 3 aromatic rings. The maximum absolute atomic E-state index is 12.9. The Hall–Kier alpha value is -3.21. The summed E-state index contributed by atoms with van der Waals surface area (Å²) in [6.07, 6.45) is -4.94. The first-order valence-corrected chi connectivity index (χ1v) is 11.4. The summed E-state index contributed by atoms with van der Waals surface area (Å²) in [6, 6.07) is 11.8. The number of aromatic nitrogens is 3. The predicted molar refractivity (Wildman–Crippen MR) is 123 cm³/mol. The zero-order valence-electron chi connectivity index (χ0n) is 19.1. The molecular weight excluding hydrogens is 469 g/mol. The van der Waals surface area contributed by atoms with Gasteiger partial charge in [0.1, 0.15) is 0 Å². The number of ether oxygens (including phenoxy) is 2. The fraction of sp³-hybridized carbons (Fsp3) is 0.348. The van der Waals surface area contributed by atoms with E-state index in [0.29, 0.717) is 29.0 Å². The number of methoxy groups -OCH3 is 1. The lowest BCUT2D eigenvalue weighted by atomic mass is 10.2. The molecule has 1 heterocycles. The Labute approximate surface area is 199 Å². The molecule has 1 amide bonds. The van der Waals surface area contributed by atoms with Crippen molar-refractivity contribution >= 4 is 23.4 Å². The fourth-order valence-electron chi connectivity index (χ4n) is 3.17. The number of benzene rings is 2. The van der Waals surface area contributed by atoms with Crippen molar-refractivity contribution in [1.82, 2.24) is 14.8 Å². The Morgan fingerprint density at radius 1 is 1.12 bits per heavy atom. The van der Waals surface area contributed by atoms with Gasteiger partial charge in [-0.15, -0.1) is 10.2 Å². The number of nitrogens with zero attached hydrogens (tertiary/aromatic N) is 3. The molecule has 7 nitrogen and oxygen atoms in total. The Morgan fingerprint density at radius 3 is 2.47 bits per heavy atom. The van der Waals surface area contributed by atoms with Gasteiger partial charge in [0.2, 0.25) is 5.91 Å². The van der Waals surface area contributed by atoms with Crippen LogP contribution in [0.1, 0.15) is 38.3 Å². The summed E-state index contributed by atoms with van der Waals surface area (Å²) in [5.74, 6) is 1.27. The van der Waals surface area contributed by atoms with Crippen molar-refractivity contribution in [2.24, 2.45) is 0 Å². The first-order chi connectivity index (χ1) is 16.1. The number of thioether (sulfide) groups is 1. The summed E-state index contributed by atoms with van der Waals surface area (Å²) in [6.45, 7) is 5.93. The minimum absolute atomic E-state index is 0.0729. The number of rotatable bonds is 9. The number of anilines is 1. The molecule has 3 rings (SSSR count). The summed E-state index contributed by atoms with van der Waals surface area (Å²) < 4.78 is 52.0. The second kappa shape index (κ2) is 10.8. The predicted octanol–water partition coefficient (Wildman–Crippen LogP) is 5.58. The van der Waals surface area contributed by atoms with E-state index in [-0.39, 0.29) is 5.69 Å². The lowest BCUT2D eigenvalue weighted by Crippen LogP contribution is -2.23. The van der Waals surface area contributed by atoms with Gasteiger partial charge in [0.25, 0.3) is 0 Å². The Bertz CT molecular complexity index is 1140. The van der Waals surface area contributed by atoms with E-state index >= 15 is 0 Å². The molecular formula is C23H25F3N4O3S. The van der Waals surface area contributed by atoms with E-state index < -0.39 is 29.0 Å². The standard InChI is InChI=1S/C23H25F3N4O3S/c1-5-30-20(14(2)33-19-12-7-6-11-18(19)32-4)28-29-22(30)34-15(3)21(31)27-17-10-8-9-16(13-17)23(24,25)26/h6-15H,5H2,1-4H3,(H,27,31). The van der Waals surface area contributed by atoms with Crippen LogP contribution in [0.2, 0.25) is 0 Å². The van der Waals surface area contributed by atoms with Crippen LogP contribution in [-0.2, 0) is 17.5 Å². The molecule has 182 valence electrons. The van der Waals surface area contributed by atoms with Crippen molar-refractivity contribution in [2.45, 2.75) is 50.0 Å². The van der Waals surface area contributed by atoms with E-state index in [1.54, 1.807) is 26.2 Å². The molecule has 1 aromatic heterocycles. The van der Waals surface area contributed by atoms with Crippen LogP contribution >= 0.6 is 11.8 Å². The van der Waals surface area contributed by atoms with E-state index in [1.807, 2.05) is 30.5 Å². The van der Waals surface area contributed by atoms with E-state index in [2.05, 4.69) is 15.5 Å². The van der Waals surface area contributed by atoms with Gasteiger partial charge in [0, 0.05) is 12.2 Å². The minimum Gasteiger partial charge on any atom is -0.493 e. The molecule has 0 aliphatic carbocycles. The Balaban J connectivity index is 1.70. The second-order valence-electron chi connectivity index (χ2n) is 7.32. The normalized spacial score (nSPS) is 13.3. The number of carbonyl (C=O) groups is 1. The maximum atomic E-state index is 12.9. The first-order valence-electron chi connectivity index (χ1n) is 10.5. The average Bonchev–Trinajstić information content (AvgIpc) is 3.21. The van der Waals surface area contributed by atoms with Gasteiger partial charge in [-0.3, -0.25) is 4.79 Å². The van der Waals surface area contributed by atoms with Gasteiger partial charge in [0.05, 0.1) is 17.9 Å². The van der Waals surface area contributed by atoms with Crippen LogP contribution in [0.25, 0.3) is 0 Å². The highest BCUT2D eigenvalue weighted by atomic mass is 32.2. The van der Waals surface area contributed by atoms with Crippen LogP contribution in [0.4, 0.5) is 18.9 Å². The summed E-state index contributed by atoms with van der Waals surface area (Å²) in [5, 5.41) is 10.8. The number of para-hydroxylation sites is 2. The monoisotopic (exact) mass is 494 g/mol. The summed E-state index contributed by atoms with van der Waals surface area (Å²) >= 11 is 1.16. The lowest BCUT2D eigenvalue weighted by molar-refractivity contribution is -0.137. The van der Waals surface area contributed by atoms with Crippen molar-refractivity contribution in [2.75, 3.05) is 12.4 Å². The minimum atomic E-state index is -4.49. The SMILES string of the molecule is CCn1c(SC(C)C(=O)Nc2cccc(C(F)(F)F)c2)nnc1C(C)Oc1ccccc1OC. The van der Waals surface area contributed by atoms with Crippen molar-refractivity contribution in [3.8, 4) is 11.5 Å². The summed E-state index contributed by atoms with van der Waals surface area (Å²) in [4.78, 5) is 12.6. The third-order valence-corrected chi connectivity index (χ3v) is 5.99. The number of amides is 1. The van der Waals surface area contributed by atoms with Crippen LogP contribution in [0.5, 0.6) is 11.5 Å². The van der Waals surface area contributed by atoms with E-state index in [0.717, 1.165) is 23.9 Å². The number of nitrogens with one attached hydrogen (secondary N) is 1. The topological polar surface area (TPSA) is 78.3 Å². The smallest absolute Gasteiger partial charge is 0.416 e. The molecule has 0 fully saturated rings. The molecule has 1 N–H and O–H groups in total. The molecule has 34 heavy (non-hydrogen) atoms. The van der Waals surface area contributed by atoms with Gasteiger partial charge in [0.15, 0.2) is 28.6 Å². The molecule has 11 heteroatoms. The summed E-state index contributed by atoms with van der Waals surface area (Å²) in [7, 11) is 1.56. The largest absolute Gasteiger partial charge is 0.493 e. The number of hydrogen-bond acceptors (Lipinski definition) is 6. The van der Waals surface area contributed by atoms with E-state index in [1.165, 1.54) is 12.1 Å². The van der Waals surface area contributed by atoms with Gasteiger partial charge in [-0.1, -0.05) is 30.0 Å². The number of carbonyl (C=O) groups excluding carboxylic acids is 1. The van der Waals surface area contributed by atoms with Crippen LogP contribution in [0.15, 0.2) is 53.7 Å². The van der Waals surface area contributed by atoms with Crippen molar-refractivity contribution in [1.29, 1.82) is 0 Å². The molecule has 2 unspecified atom stereocenters. The third kappa shape index (κ3) is 6.02. The Morgan fingerprint density at radius 2 is 1.82 bits per heavy atom. The van der Waals surface area contributed by atoms with Crippen LogP contribution in [-0.4, -0.2) is 33.0 Å². The fourth-order valence-corrected chi connectivity index (χ4v) is 4.09. The molecule has 0 saturated heterocycles. The highest BCUT2D eigenvalue weighted by Gasteiger charge is 2.31. The molecule has 0 bridgehead atoms. The first kappa shape index (κ1) is 25.4. The van der Waals surface area contributed by atoms with Crippen LogP contribution < -0.4 is 14.8 Å². The number of hydrogen-bond donors (Lipinski definition) is 1. The van der Waals surface area contributed by atoms with Gasteiger partial charge < -0.3 is 19.4 Å². The molecule has 2 aromatic carbocycles. The zero-order valence-corrected chi connectivity index (χ0v) is 19.9. The quantitative estimate of drug-likeness (QED) is 0.391. The maximum Gasteiger partial charge on any atom is 0.416 e. The molecule has 0 saturated carbocycles. The van der Waals surface area contributed by atoms with E-state index in [4.69, 9.17) is 9.47 Å². The number of halogens is 3. The Kier molecular flexibility index (Phi) is 8.08. The second-order valence-corrected chi connectivity index (χ2v) is 8.63. The highest BCUT2D eigenvalue weighted by molar-refractivity contribution is 8.00. The van der Waals surface area contributed by atoms with Crippen molar-refractivity contribution in [3.63, 3.8) is 0 Å². The van der Waals surface area contributed by atoms with Crippen molar-refractivity contribution < 1.29 is 27.4 Å². The molecule has 2 atom stereocenters. The lowest BCUT2D eigenvalue weighted by Gasteiger charge is -2.18. The van der Waals surface area contributed by atoms with E-state index in [9.17, 15) is 18.0 Å². The van der Waals surface area contributed by atoms with Crippen LogP contribution in [0, 0.1) is 0 Å². The van der Waals surface area contributed by atoms with Crippen LogP contribution in [0.3, 0.4) is 0 Å². The molecule has 0 spiro atoms.